The van der Waals surface area contributed by atoms with Gasteiger partial charge in [0.05, 0.1) is 5.41 Å². The number of fused-ring (bicyclic) bond motifs is 1. The van der Waals surface area contributed by atoms with Crippen LogP contribution in [0.5, 0.6) is 0 Å². The maximum absolute atomic E-state index is 13.2. The lowest BCUT2D eigenvalue weighted by Crippen LogP contribution is -2.32. The molecule has 3 nitrogen and oxygen atoms in total. The molecule has 2 aromatic rings. The molecular weight excluding hydrogens is 245 g/mol. The smallest absolute Gasteiger partial charge is 0.205 e. The highest BCUT2D eigenvalue weighted by Gasteiger charge is 2.41. The zero-order chi connectivity index (χ0) is 13.5. The van der Waals surface area contributed by atoms with Crippen LogP contribution in [-0.4, -0.2) is 18.9 Å². The first-order chi connectivity index (χ1) is 9.14. The van der Waals surface area contributed by atoms with E-state index in [2.05, 4.69) is 5.32 Å². The number of ketones is 1. The van der Waals surface area contributed by atoms with Crippen LogP contribution in [-0.2, 0) is 0 Å². The number of rotatable bonds is 3. The van der Waals surface area contributed by atoms with Crippen molar-refractivity contribution in [2.24, 2.45) is 5.41 Å². The summed E-state index contributed by atoms with van der Waals surface area (Å²) in [4.78, 5) is 12.6. The highest BCUT2D eigenvalue weighted by molar-refractivity contribution is 6.01. The highest BCUT2D eigenvalue weighted by Crippen LogP contribution is 2.35. The summed E-state index contributed by atoms with van der Waals surface area (Å²) in [6, 6.07) is 5.94. The summed E-state index contributed by atoms with van der Waals surface area (Å²) >= 11 is 0. The molecule has 100 valence electrons. The van der Waals surface area contributed by atoms with Crippen LogP contribution >= 0.6 is 0 Å². The lowest BCUT2D eigenvalue weighted by atomic mass is 9.79. The topological polar surface area (TPSA) is 42.2 Å². The number of carbonyl (C=O) groups excluding carboxylic acids is 1. The molecule has 0 saturated carbocycles. The summed E-state index contributed by atoms with van der Waals surface area (Å²) < 4.78 is 18.7. The van der Waals surface area contributed by atoms with Gasteiger partial charge in [0.25, 0.3) is 0 Å². The third-order valence-corrected chi connectivity index (χ3v) is 4.10. The predicted molar refractivity (Wildman–Crippen MR) is 70.7 cm³/mol. The molecule has 0 spiro atoms. The van der Waals surface area contributed by atoms with Gasteiger partial charge >= 0.3 is 0 Å². The van der Waals surface area contributed by atoms with Gasteiger partial charge in [0.2, 0.25) is 5.78 Å². The Balaban J connectivity index is 2.01. The molecule has 1 aromatic carbocycles. The normalized spacial score (nSPS) is 23.1. The van der Waals surface area contributed by atoms with Crippen LogP contribution in [0.3, 0.4) is 0 Å². The van der Waals surface area contributed by atoms with E-state index in [1.807, 2.05) is 6.92 Å². The molecule has 1 unspecified atom stereocenters. The lowest BCUT2D eigenvalue weighted by Gasteiger charge is -2.23. The van der Waals surface area contributed by atoms with Crippen molar-refractivity contribution < 1.29 is 13.6 Å². The van der Waals surface area contributed by atoms with Crippen LogP contribution in [0, 0.1) is 11.2 Å². The average Bonchev–Trinajstić information content (AvgIpc) is 3.04. The third-order valence-electron chi connectivity index (χ3n) is 4.10. The first kappa shape index (κ1) is 12.4. The number of furan rings is 1. The second kappa shape index (κ2) is 4.46. The Morgan fingerprint density at radius 2 is 2.32 bits per heavy atom. The van der Waals surface area contributed by atoms with Crippen LogP contribution in [0.4, 0.5) is 4.39 Å². The maximum atomic E-state index is 13.2. The van der Waals surface area contributed by atoms with E-state index in [9.17, 15) is 9.18 Å². The molecule has 0 amide bonds. The van der Waals surface area contributed by atoms with Crippen molar-refractivity contribution in [3.63, 3.8) is 0 Å². The van der Waals surface area contributed by atoms with E-state index in [4.69, 9.17) is 4.42 Å². The second-order valence-electron chi connectivity index (χ2n) is 5.18. The molecule has 1 fully saturated rings. The third kappa shape index (κ3) is 1.96. The van der Waals surface area contributed by atoms with Crippen LogP contribution in [0.25, 0.3) is 11.0 Å². The number of benzene rings is 1. The quantitative estimate of drug-likeness (QED) is 0.863. The molecule has 0 bridgehead atoms. The van der Waals surface area contributed by atoms with E-state index in [0.717, 1.165) is 19.4 Å². The number of hydrogen-bond acceptors (Lipinski definition) is 3. The molecule has 1 N–H and O–H groups in total. The molecule has 1 aromatic heterocycles. The van der Waals surface area contributed by atoms with Gasteiger partial charge in [-0.3, -0.25) is 4.79 Å². The Kier molecular flexibility index (Phi) is 2.90. The van der Waals surface area contributed by atoms with E-state index < -0.39 is 0 Å². The zero-order valence-electron chi connectivity index (χ0n) is 10.8. The molecular formula is C15H16FNO2. The minimum atomic E-state index is -0.369. The minimum Gasteiger partial charge on any atom is -0.453 e. The monoisotopic (exact) mass is 261 g/mol. The fourth-order valence-corrected chi connectivity index (χ4v) is 2.79. The van der Waals surface area contributed by atoms with Gasteiger partial charge in [-0.25, -0.2) is 4.39 Å². The fraction of sp³-hybridized carbons (Fsp3) is 0.400. The van der Waals surface area contributed by atoms with E-state index in [1.165, 1.54) is 12.1 Å². The molecule has 1 aliphatic rings. The van der Waals surface area contributed by atoms with Gasteiger partial charge in [-0.15, -0.1) is 0 Å². The van der Waals surface area contributed by atoms with Gasteiger partial charge in [0.15, 0.2) is 5.76 Å². The summed E-state index contributed by atoms with van der Waals surface area (Å²) in [6.07, 6.45) is 1.61. The van der Waals surface area contributed by atoms with E-state index in [-0.39, 0.29) is 17.0 Å². The van der Waals surface area contributed by atoms with Crippen molar-refractivity contribution in [2.45, 2.75) is 19.8 Å². The first-order valence-electron chi connectivity index (χ1n) is 6.59. The SMILES string of the molecule is CCC1(C(=O)c2cc3cc(F)ccc3o2)CCNC1. The highest BCUT2D eigenvalue weighted by atomic mass is 19.1. The molecule has 1 aliphatic heterocycles. The molecule has 19 heavy (non-hydrogen) atoms. The van der Waals surface area contributed by atoms with Crippen LogP contribution < -0.4 is 5.32 Å². The summed E-state index contributed by atoms with van der Waals surface area (Å²) in [5.74, 6) is 0.0443. The molecule has 1 saturated heterocycles. The maximum Gasteiger partial charge on any atom is 0.205 e. The molecule has 0 aliphatic carbocycles. The molecule has 3 rings (SSSR count). The largest absolute Gasteiger partial charge is 0.453 e. The average molecular weight is 261 g/mol. The molecule has 2 heterocycles. The fourth-order valence-electron chi connectivity index (χ4n) is 2.79. The Labute approximate surface area is 110 Å². The van der Waals surface area contributed by atoms with Crippen molar-refractivity contribution in [3.05, 3.63) is 35.8 Å². The lowest BCUT2D eigenvalue weighted by molar-refractivity contribution is 0.0782. The van der Waals surface area contributed by atoms with Crippen molar-refractivity contribution >= 4 is 16.8 Å². The number of Topliss-reactive ketones (excluding diaryl/α,β-unsaturated/α-hetero) is 1. The van der Waals surface area contributed by atoms with Crippen molar-refractivity contribution in [1.82, 2.24) is 5.32 Å². The summed E-state index contributed by atoms with van der Waals surface area (Å²) in [5.41, 5.74) is 0.189. The Morgan fingerprint density at radius 1 is 1.47 bits per heavy atom. The van der Waals surface area contributed by atoms with Gasteiger partial charge in [-0.1, -0.05) is 6.92 Å². The summed E-state index contributed by atoms with van der Waals surface area (Å²) in [7, 11) is 0. The number of halogens is 1. The molecule has 0 radical (unpaired) electrons. The first-order valence-corrected chi connectivity index (χ1v) is 6.59. The van der Waals surface area contributed by atoms with Crippen LogP contribution in [0.2, 0.25) is 0 Å². The van der Waals surface area contributed by atoms with Crippen molar-refractivity contribution in [2.75, 3.05) is 13.1 Å². The number of carbonyl (C=O) groups is 1. The summed E-state index contributed by atoms with van der Waals surface area (Å²) in [5, 5.41) is 3.87. The van der Waals surface area contributed by atoms with Gasteiger partial charge in [0, 0.05) is 11.9 Å². The van der Waals surface area contributed by atoms with Crippen LogP contribution in [0.1, 0.15) is 30.3 Å². The van der Waals surface area contributed by atoms with Gasteiger partial charge < -0.3 is 9.73 Å². The van der Waals surface area contributed by atoms with Gasteiger partial charge in [-0.05, 0) is 43.7 Å². The van der Waals surface area contributed by atoms with E-state index >= 15 is 0 Å². The van der Waals surface area contributed by atoms with Gasteiger partial charge in [-0.2, -0.15) is 0 Å². The Morgan fingerprint density at radius 3 is 3.00 bits per heavy atom. The van der Waals surface area contributed by atoms with E-state index in [0.29, 0.717) is 23.3 Å². The zero-order valence-corrected chi connectivity index (χ0v) is 10.8. The molecule has 4 heteroatoms. The Hall–Kier alpha value is -1.68. The second-order valence-corrected chi connectivity index (χ2v) is 5.18. The Bertz CT molecular complexity index is 626. The summed E-state index contributed by atoms with van der Waals surface area (Å²) in [6.45, 7) is 3.56. The standard InChI is InChI=1S/C15H16FNO2/c1-2-15(5-6-17-9-15)14(18)13-8-10-7-11(16)3-4-12(10)19-13/h3-4,7-8,17H,2,5-6,9H2,1H3. The molecule has 1 atom stereocenters. The number of hydrogen-bond donors (Lipinski definition) is 1. The van der Waals surface area contributed by atoms with Crippen LogP contribution in [0.15, 0.2) is 28.7 Å². The van der Waals surface area contributed by atoms with Crippen molar-refractivity contribution in [3.8, 4) is 0 Å². The minimum absolute atomic E-state index is 0.0246. The van der Waals surface area contributed by atoms with E-state index in [1.54, 1.807) is 12.1 Å². The number of nitrogens with one attached hydrogen (secondary N) is 1. The van der Waals surface area contributed by atoms with Gasteiger partial charge in [0.1, 0.15) is 11.4 Å². The predicted octanol–water partition coefficient (Wildman–Crippen LogP) is 3.14. The van der Waals surface area contributed by atoms with Crippen molar-refractivity contribution in [1.29, 1.82) is 0 Å².